The Bertz CT molecular complexity index is 1230. The Hall–Kier alpha value is -3.66. The van der Waals surface area contributed by atoms with E-state index in [1.807, 2.05) is 6.92 Å². The summed E-state index contributed by atoms with van der Waals surface area (Å²) in [4.78, 5) is 29.8. The van der Waals surface area contributed by atoms with Crippen LogP contribution in [0.4, 0.5) is 5.69 Å². The number of methoxy groups -OCH3 is 2. The van der Waals surface area contributed by atoms with E-state index in [0.29, 0.717) is 34.5 Å². The van der Waals surface area contributed by atoms with Crippen molar-refractivity contribution in [2.75, 3.05) is 19.1 Å². The Morgan fingerprint density at radius 3 is 2.46 bits per heavy atom. The van der Waals surface area contributed by atoms with Crippen LogP contribution in [-0.4, -0.2) is 58.3 Å². The molecule has 2 aromatic carbocycles. The standard InChI is InChI=1S/C26H31ClN6O4/c1-4-21(26(35)28-19-7-5-6-8-19)33(20-13-14-22(36-2)23(15-20)37-3)24(34)16-32-30-25(29-31-32)17-9-11-18(27)12-10-17/h9-15,19,21H,4-8,16H2,1-3H3,(H,28,35). The molecule has 0 aliphatic heterocycles. The van der Waals surface area contributed by atoms with Gasteiger partial charge in [-0.1, -0.05) is 31.4 Å². The Morgan fingerprint density at radius 2 is 1.81 bits per heavy atom. The number of carbonyl (C=O) groups is 2. The van der Waals surface area contributed by atoms with Crippen LogP contribution in [0.2, 0.25) is 5.02 Å². The summed E-state index contributed by atoms with van der Waals surface area (Å²) in [5.74, 6) is 0.792. The molecule has 37 heavy (non-hydrogen) atoms. The van der Waals surface area contributed by atoms with Crippen LogP contribution in [0, 0.1) is 0 Å². The Balaban J connectivity index is 1.62. The van der Waals surface area contributed by atoms with Crippen LogP contribution < -0.4 is 19.7 Å². The molecule has 1 aliphatic rings. The Kier molecular flexibility index (Phi) is 8.60. The van der Waals surface area contributed by atoms with Crippen LogP contribution in [0.5, 0.6) is 11.5 Å². The van der Waals surface area contributed by atoms with Crippen LogP contribution in [0.25, 0.3) is 11.4 Å². The molecule has 1 N–H and O–H groups in total. The lowest BCUT2D eigenvalue weighted by molar-refractivity contribution is -0.127. The highest BCUT2D eigenvalue weighted by molar-refractivity contribution is 6.30. The molecule has 1 aliphatic carbocycles. The highest BCUT2D eigenvalue weighted by atomic mass is 35.5. The average molecular weight is 527 g/mol. The van der Waals surface area contributed by atoms with Gasteiger partial charge in [-0.05, 0) is 60.9 Å². The first-order valence-electron chi connectivity index (χ1n) is 12.3. The maximum Gasteiger partial charge on any atom is 0.251 e. The van der Waals surface area contributed by atoms with E-state index in [2.05, 4.69) is 20.7 Å². The SMILES string of the molecule is CCC(C(=O)NC1CCCC1)N(C(=O)Cn1nnc(-c2ccc(Cl)cc2)n1)c1ccc(OC)c(OC)c1. The number of benzene rings is 2. The van der Waals surface area contributed by atoms with Gasteiger partial charge in [0.1, 0.15) is 12.6 Å². The molecule has 1 fully saturated rings. The first-order chi connectivity index (χ1) is 17.9. The van der Waals surface area contributed by atoms with Crippen LogP contribution >= 0.6 is 11.6 Å². The summed E-state index contributed by atoms with van der Waals surface area (Å²) in [7, 11) is 3.06. The highest BCUT2D eigenvalue weighted by Gasteiger charge is 2.32. The minimum Gasteiger partial charge on any atom is -0.493 e. The lowest BCUT2D eigenvalue weighted by Gasteiger charge is -2.31. The van der Waals surface area contributed by atoms with Gasteiger partial charge in [0.15, 0.2) is 11.5 Å². The number of anilines is 1. The number of nitrogens with zero attached hydrogens (tertiary/aromatic N) is 5. The summed E-state index contributed by atoms with van der Waals surface area (Å²) < 4.78 is 10.8. The van der Waals surface area contributed by atoms with Crippen molar-refractivity contribution in [3.63, 3.8) is 0 Å². The van der Waals surface area contributed by atoms with Crippen molar-refractivity contribution in [3.8, 4) is 22.9 Å². The number of halogens is 1. The number of carbonyl (C=O) groups excluding carboxylic acids is 2. The normalized spacial score (nSPS) is 14.3. The Morgan fingerprint density at radius 1 is 1.11 bits per heavy atom. The molecule has 3 aromatic rings. The van der Waals surface area contributed by atoms with Gasteiger partial charge in [0, 0.05) is 28.4 Å². The number of aromatic nitrogens is 4. The van der Waals surface area contributed by atoms with Gasteiger partial charge in [0.05, 0.1) is 14.2 Å². The molecule has 1 heterocycles. The molecule has 0 saturated heterocycles. The van der Waals surface area contributed by atoms with E-state index in [1.54, 1.807) is 49.6 Å². The number of hydrogen-bond donors (Lipinski definition) is 1. The van der Waals surface area contributed by atoms with Gasteiger partial charge in [0.2, 0.25) is 11.7 Å². The number of nitrogens with one attached hydrogen (secondary N) is 1. The molecule has 0 bridgehead atoms. The summed E-state index contributed by atoms with van der Waals surface area (Å²) in [5, 5.41) is 16.2. The smallest absolute Gasteiger partial charge is 0.251 e. The first kappa shape index (κ1) is 26.4. The molecular weight excluding hydrogens is 496 g/mol. The van der Waals surface area contributed by atoms with E-state index in [-0.39, 0.29) is 24.4 Å². The third-order valence-electron chi connectivity index (χ3n) is 6.45. The minimum atomic E-state index is -0.731. The van der Waals surface area contributed by atoms with Crippen LogP contribution in [-0.2, 0) is 16.1 Å². The fourth-order valence-corrected chi connectivity index (χ4v) is 4.67. The average Bonchev–Trinajstić information content (AvgIpc) is 3.59. The van der Waals surface area contributed by atoms with Crippen LogP contribution in [0.1, 0.15) is 39.0 Å². The molecule has 1 aromatic heterocycles. The number of ether oxygens (including phenoxy) is 2. The van der Waals surface area contributed by atoms with Crippen molar-refractivity contribution in [2.24, 2.45) is 0 Å². The van der Waals surface area contributed by atoms with E-state index < -0.39 is 6.04 Å². The van der Waals surface area contributed by atoms with Gasteiger partial charge in [-0.3, -0.25) is 14.5 Å². The molecular formula is C26H31ClN6O4. The predicted octanol–water partition coefficient (Wildman–Crippen LogP) is 3.88. The maximum atomic E-state index is 13.7. The highest BCUT2D eigenvalue weighted by Crippen LogP contribution is 2.33. The zero-order valence-corrected chi connectivity index (χ0v) is 21.9. The topological polar surface area (TPSA) is 111 Å². The molecule has 2 amide bonds. The van der Waals surface area contributed by atoms with Crippen LogP contribution in [0.3, 0.4) is 0 Å². The molecule has 4 rings (SSSR count). The molecule has 1 saturated carbocycles. The van der Waals surface area contributed by atoms with E-state index >= 15 is 0 Å². The zero-order chi connectivity index (χ0) is 26.4. The quantitative estimate of drug-likeness (QED) is 0.426. The van der Waals surface area contributed by atoms with E-state index in [1.165, 1.54) is 16.8 Å². The van der Waals surface area contributed by atoms with Crippen molar-refractivity contribution < 1.29 is 19.1 Å². The molecule has 1 unspecified atom stereocenters. The number of amides is 2. The molecule has 10 nitrogen and oxygen atoms in total. The third-order valence-corrected chi connectivity index (χ3v) is 6.70. The van der Waals surface area contributed by atoms with Crippen LogP contribution in [0.15, 0.2) is 42.5 Å². The third kappa shape index (κ3) is 6.19. The molecule has 196 valence electrons. The summed E-state index contributed by atoms with van der Waals surface area (Å²) in [6.45, 7) is 1.68. The fourth-order valence-electron chi connectivity index (χ4n) is 4.55. The lowest BCUT2D eigenvalue weighted by Crippen LogP contribution is -2.52. The largest absolute Gasteiger partial charge is 0.493 e. The second kappa shape index (κ2) is 12.1. The molecule has 0 spiro atoms. The van der Waals surface area contributed by atoms with Gasteiger partial charge >= 0.3 is 0 Å². The first-order valence-corrected chi connectivity index (χ1v) is 12.7. The van der Waals surface area contributed by atoms with E-state index in [4.69, 9.17) is 21.1 Å². The number of hydrogen-bond acceptors (Lipinski definition) is 7. The number of rotatable bonds is 10. The lowest BCUT2D eigenvalue weighted by atomic mass is 10.1. The van der Waals surface area contributed by atoms with Gasteiger partial charge in [-0.25, -0.2) is 0 Å². The van der Waals surface area contributed by atoms with Crippen molar-refractivity contribution in [1.82, 2.24) is 25.5 Å². The summed E-state index contributed by atoms with van der Waals surface area (Å²) in [6, 6.07) is 11.6. The second-order valence-electron chi connectivity index (χ2n) is 8.87. The monoisotopic (exact) mass is 526 g/mol. The summed E-state index contributed by atoms with van der Waals surface area (Å²) >= 11 is 5.97. The summed E-state index contributed by atoms with van der Waals surface area (Å²) in [6.07, 6.45) is 4.49. The zero-order valence-electron chi connectivity index (χ0n) is 21.2. The van der Waals surface area contributed by atoms with E-state index in [9.17, 15) is 9.59 Å². The minimum absolute atomic E-state index is 0.128. The number of tetrazole rings is 1. The van der Waals surface area contributed by atoms with E-state index in [0.717, 1.165) is 31.2 Å². The van der Waals surface area contributed by atoms with Gasteiger partial charge in [0.25, 0.3) is 5.91 Å². The maximum absolute atomic E-state index is 13.7. The predicted molar refractivity (Wildman–Crippen MR) is 140 cm³/mol. The second-order valence-corrected chi connectivity index (χ2v) is 9.30. The molecule has 0 radical (unpaired) electrons. The van der Waals surface area contributed by atoms with Crippen molar-refractivity contribution in [3.05, 3.63) is 47.5 Å². The van der Waals surface area contributed by atoms with Gasteiger partial charge in [-0.15, -0.1) is 10.2 Å². The fraction of sp³-hybridized carbons (Fsp3) is 0.423. The van der Waals surface area contributed by atoms with Crippen molar-refractivity contribution in [1.29, 1.82) is 0 Å². The summed E-state index contributed by atoms with van der Waals surface area (Å²) in [5.41, 5.74) is 1.23. The van der Waals surface area contributed by atoms with Gasteiger partial charge < -0.3 is 14.8 Å². The molecule has 11 heteroatoms. The van der Waals surface area contributed by atoms with Gasteiger partial charge in [-0.2, -0.15) is 4.80 Å². The van der Waals surface area contributed by atoms with Crippen molar-refractivity contribution >= 4 is 29.1 Å². The Labute approximate surface area is 220 Å². The molecule has 1 atom stereocenters. The van der Waals surface area contributed by atoms with Crippen molar-refractivity contribution in [2.45, 2.75) is 57.7 Å².